The van der Waals surface area contributed by atoms with Gasteiger partial charge in [0.25, 0.3) is 5.91 Å². The highest BCUT2D eigenvalue weighted by Gasteiger charge is 2.05. The number of benzene rings is 1. The molecule has 0 saturated carbocycles. The van der Waals surface area contributed by atoms with Crippen LogP contribution in [-0.2, 0) is 11.3 Å². The number of hydrogen-bond donors (Lipinski definition) is 2. The quantitative estimate of drug-likeness (QED) is 0.791. The first-order valence-electron chi connectivity index (χ1n) is 5.16. The lowest BCUT2D eigenvalue weighted by Crippen LogP contribution is -2.85. The van der Waals surface area contributed by atoms with Crippen LogP contribution in [0.5, 0.6) is 0 Å². The van der Waals surface area contributed by atoms with E-state index in [1.165, 1.54) is 4.70 Å². The molecule has 0 radical (unpaired) electrons. The van der Waals surface area contributed by atoms with Gasteiger partial charge in [0.15, 0.2) is 6.54 Å². The Morgan fingerprint density at radius 3 is 3.06 bits per heavy atom. The van der Waals surface area contributed by atoms with E-state index >= 15 is 0 Å². The van der Waals surface area contributed by atoms with Gasteiger partial charge in [-0.1, -0.05) is 12.1 Å². The van der Waals surface area contributed by atoms with Gasteiger partial charge in [0.2, 0.25) is 0 Å². The number of likely N-dealkylation sites (N-methyl/N-ethyl adjacent to an activating group) is 1. The number of rotatable bonds is 4. The van der Waals surface area contributed by atoms with Crippen LogP contribution in [0, 0.1) is 0 Å². The van der Waals surface area contributed by atoms with Crippen molar-refractivity contribution in [3.63, 3.8) is 0 Å². The first kappa shape index (κ1) is 11.0. The zero-order chi connectivity index (χ0) is 11.4. The summed E-state index contributed by atoms with van der Waals surface area (Å²) >= 11 is 1.68. The van der Waals surface area contributed by atoms with Crippen molar-refractivity contribution in [1.82, 2.24) is 10.3 Å². The van der Waals surface area contributed by atoms with E-state index in [2.05, 4.69) is 16.4 Å². The first-order valence-corrected chi connectivity index (χ1v) is 5.98. The number of thiazole rings is 1. The highest BCUT2D eigenvalue weighted by atomic mass is 32.1. The maximum atomic E-state index is 11.0. The average molecular weight is 236 g/mol. The topological polar surface area (TPSA) is 58.6 Å². The van der Waals surface area contributed by atoms with Crippen LogP contribution in [0.3, 0.4) is 0 Å². The third-order valence-corrected chi connectivity index (χ3v) is 3.32. The molecule has 1 heterocycles. The number of aromatic nitrogens is 1. The summed E-state index contributed by atoms with van der Waals surface area (Å²) in [6.45, 7) is 1.21. The molecule has 0 aliphatic heterocycles. The van der Waals surface area contributed by atoms with Gasteiger partial charge >= 0.3 is 0 Å². The molecule has 0 fully saturated rings. The van der Waals surface area contributed by atoms with E-state index in [4.69, 9.17) is 0 Å². The molecule has 0 aliphatic rings. The molecule has 0 saturated heterocycles. The maximum absolute atomic E-state index is 11.0. The van der Waals surface area contributed by atoms with E-state index in [1.54, 1.807) is 18.4 Å². The Balaban J connectivity index is 1.97. The number of nitrogens with zero attached hydrogens (tertiary/aromatic N) is 1. The largest absolute Gasteiger partial charge is 0.354 e. The van der Waals surface area contributed by atoms with Gasteiger partial charge in [0.1, 0.15) is 11.6 Å². The Morgan fingerprint density at radius 2 is 2.31 bits per heavy atom. The number of quaternary nitrogens is 1. The van der Waals surface area contributed by atoms with Gasteiger partial charge < -0.3 is 10.6 Å². The lowest BCUT2D eigenvalue weighted by molar-refractivity contribution is -0.659. The van der Waals surface area contributed by atoms with E-state index < -0.39 is 0 Å². The number of carbonyl (C=O) groups excluding carboxylic acids is 1. The number of amides is 1. The molecule has 3 N–H and O–H groups in total. The second kappa shape index (κ2) is 5.05. The fraction of sp³-hybridized carbons (Fsp3) is 0.273. The van der Waals surface area contributed by atoms with Crippen molar-refractivity contribution in [2.24, 2.45) is 0 Å². The molecule has 2 aromatic rings. The summed E-state index contributed by atoms with van der Waals surface area (Å²) < 4.78 is 1.20. The molecule has 0 bridgehead atoms. The summed E-state index contributed by atoms with van der Waals surface area (Å²) in [6.07, 6.45) is 0. The van der Waals surface area contributed by atoms with Crippen LogP contribution in [0.1, 0.15) is 5.01 Å². The number of nitrogens with two attached hydrogens (primary N) is 1. The smallest absolute Gasteiger partial charge is 0.274 e. The second-order valence-electron chi connectivity index (χ2n) is 3.45. The van der Waals surface area contributed by atoms with Gasteiger partial charge in [-0.15, -0.1) is 11.3 Å². The van der Waals surface area contributed by atoms with Crippen LogP contribution in [0.15, 0.2) is 24.3 Å². The molecular formula is C11H14N3OS+. The van der Waals surface area contributed by atoms with E-state index in [9.17, 15) is 4.79 Å². The van der Waals surface area contributed by atoms with E-state index in [0.717, 1.165) is 17.1 Å². The number of carbonyl (C=O) groups is 1. The first-order chi connectivity index (χ1) is 7.79. The Labute approximate surface area is 97.7 Å². The third kappa shape index (κ3) is 2.56. The molecule has 1 aromatic heterocycles. The number of hydrogen-bond acceptors (Lipinski definition) is 3. The maximum Gasteiger partial charge on any atom is 0.274 e. The average Bonchev–Trinajstić information content (AvgIpc) is 2.71. The monoisotopic (exact) mass is 236 g/mol. The molecule has 16 heavy (non-hydrogen) atoms. The van der Waals surface area contributed by atoms with Gasteiger partial charge in [-0.2, -0.15) is 0 Å². The molecule has 1 amide bonds. The number of fused-ring (bicyclic) bond motifs is 1. The van der Waals surface area contributed by atoms with Gasteiger partial charge in [-0.3, -0.25) is 4.79 Å². The lowest BCUT2D eigenvalue weighted by atomic mass is 10.3. The molecule has 1 aromatic carbocycles. The summed E-state index contributed by atoms with van der Waals surface area (Å²) in [6, 6.07) is 8.07. The highest BCUT2D eigenvalue weighted by Crippen LogP contribution is 2.20. The van der Waals surface area contributed by atoms with Crippen molar-refractivity contribution in [1.29, 1.82) is 0 Å². The molecule has 84 valence electrons. The zero-order valence-electron chi connectivity index (χ0n) is 9.06. The minimum atomic E-state index is 0.0427. The fourth-order valence-electron chi connectivity index (χ4n) is 1.44. The fourth-order valence-corrected chi connectivity index (χ4v) is 2.40. The molecule has 0 atom stereocenters. The molecule has 0 unspecified atom stereocenters. The summed E-state index contributed by atoms with van der Waals surface area (Å²) in [5.41, 5.74) is 1.04. The van der Waals surface area contributed by atoms with Crippen LogP contribution in [-0.4, -0.2) is 24.5 Å². The van der Waals surface area contributed by atoms with Crippen molar-refractivity contribution in [3.05, 3.63) is 29.3 Å². The summed E-state index contributed by atoms with van der Waals surface area (Å²) in [7, 11) is 1.65. The summed E-state index contributed by atoms with van der Waals surface area (Å²) in [4.78, 5) is 15.5. The molecule has 0 spiro atoms. The molecule has 2 rings (SSSR count). The van der Waals surface area contributed by atoms with Gasteiger partial charge in [-0.25, -0.2) is 4.98 Å². The Hall–Kier alpha value is -1.46. The SMILES string of the molecule is CNC(=O)C[NH2+]Cc1nc2ccccc2s1. The van der Waals surface area contributed by atoms with Crippen LogP contribution in [0.25, 0.3) is 10.2 Å². The van der Waals surface area contributed by atoms with Crippen LogP contribution in [0.4, 0.5) is 0 Å². The number of para-hydroxylation sites is 1. The minimum Gasteiger partial charge on any atom is -0.354 e. The van der Waals surface area contributed by atoms with Crippen LogP contribution >= 0.6 is 11.3 Å². The molecule has 4 nitrogen and oxygen atoms in total. The van der Waals surface area contributed by atoms with Crippen molar-refractivity contribution in [2.75, 3.05) is 13.6 Å². The van der Waals surface area contributed by atoms with E-state index in [-0.39, 0.29) is 5.91 Å². The normalized spacial score (nSPS) is 10.6. The molecular weight excluding hydrogens is 222 g/mol. The Bertz CT molecular complexity index is 462. The number of nitrogens with one attached hydrogen (secondary N) is 1. The van der Waals surface area contributed by atoms with Gasteiger partial charge in [-0.05, 0) is 12.1 Å². The Morgan fingerprint density at radius 1 is 1.50 bits per heavy atom. The van der Waals surface area contributed by atoms with Crippen LogP contribution < -0.4 is 10.6 Å². The van der Waals surface area contributed by atoms with E-state index in [0.29, 0.717) is 6.54 Å². The Kier molecular flexibility index (Phi) is 3.48. The van der Waals surface area contributed by atoms with Gasteiger partial charge in [0.05, 0.1) is 10.2 Å². The van der Waals surface area contributed by atoms with E-state index in [1.807, 2.05) is 23.5 Å². The lowest BCUT2D eigenvalue weighted by Gasteiger charge is -1.97. The predicted molar refractivity (Wildman–Crippen MR) is 64.2 cm³/mol. The molecule has 5 heteroatoms. The van der Waals surface area contributed by atoms with Crippen molar-refractivity contribution in [2.45, 2.75) is 6.54 Å². The highest BCUT2D eigenvalue weighted by molar-refractivity contribution is 7.18. The van der Waals surface area contributed by atoms with Crippen molar-refractivity contribution in [3.8, 4) is 0 Å². The second-order valence-corrected chi connectivity index (χ2v) is 4.56. The minimum absolute atomic E-state index is 0.0427. The van der Waals surface area contributed by atoms with Gasteiger partial charge in [0, 0.05) is 7.05 Å². The standard InChI is InChI=1S/C11H13N3OS/c1-12-10(15)6-13-7-11-14-8-4-2-3-5-9(8)16-11/h2-5,13H,6-7H2,1H3,(H,12,15)/p+1. The van der Waals surface area contributed by atoms with Crippen molar-refractivity contribution < 1.29 is 10.1 Å². The summed E-state index contributed by atoms with van der Waals surface area (Å²) in [5, 5.41) is 5.61. The molecule has 0 aliphatic carbocycles. The zero-order valence-corrected chi connectivity index (χ0v) is 9.88. The van der Waals surface area contributed by atoms with Crippen LogP contribution in [0.2, 0.25) is 0 Å². The summed E-state index contributed by atoms with van der Waals surface area (Å²) in [5.74, 6) is 0.0427. The van der Waals surface area contributed by atoms with Crippen molar-refractivity contribution >= 4 is 27.5 Å². The predicted octanol–water partition coefficient (Wildman–Crippen LogP) is 0.106. The third-order valence-electron chi connectivity index (χ3n) is 2.27.